The second-order valence-corrected chi connectivity index (χ2v) is 6.46. The van der Waals surface area contributed by atoms with E-state index in [4.69, 9.17) is 0 Å². The minimum absolute atomic E-state index is 0.113. The number of aryl methyl sites for hydroxylation is 1. The molecule has 1 fully saturated rings. The molecule has 0 unspecified atom stereocenters. The highest BCUT2D eigenvalue weighted by atomic mass is 16.3. The van der Waals surface area contributed by atoms with Crippen LogP contribution >= 0.6 is 0 Å². The maximum Gasteiger partial charge on any atom is 0.274 e. The van der Waals surface area contributed by atoms with Crippen molar-refractivity contribution in [3.63, 3.8) is 0 Å². The number of imidazole rings is 1. The lowest BCUT2D eigenvalue weighted by Gasteiger charge is -2.26. The number of β-amino-alcohol motifs (C(OH)–C–C–N with tert-alkyl or cyclic N) is 1. The standard InChI is InChI=1S/C16H22N4O2/c1-12-5-4-6-14-17-13(9-20(12)14)15(21)19-8-7-16(22,11-19)10-18(2)3/h4-6,9,22H,7-8,10-11H2,1-3H3/t16-/m1/s1. The Morgan fingerprint density at radius 2 is 2.23 bits per heavy atom. The van der Waals surface area contributed by atoms with Gasteiger partial charge in [0.2, 0.25) is 0 Å². The van der Waals surface area contributed by atoms with Gasteiger partial charge in [-0.05, 0) is 39.6 Å². The second-order valence-electron chi connectivity index (χ2n) is 6.46. The number of amides is 1. The van der Waals surface area contributed by atoms with E-state index in [2.05, 4.69) is 4.98 Å². The van der Waals surface area contributed by atoms with Crippen molar-refractivity contribution in [3.8, 4) is 0 Å². The van der Waals surface area contributed by atoms with Gasteiger partial charge in [-0.1, -0.05) is 6.07 Å². The quantitative estimate of drug-likeness (QED) is 0.910. The zero-order chi connectivity index (χ0) is 15.9. The molecule has 1 aliphatic heterocycles. The summed E-state index contributed by atoms with van der Waals surface area (Å²) in [6.45, 7) is 3.46. The number of aromatic nitrogens is 2. The number of nitrogens with zero attached hydrogens (tertiary/aromatic N) is 4. The van der Waals surface area contributed by atoms with E-state index in [0.29, 0.717) is 31.7 Å². The molecule has 0 radical (unpaired) electrons. The third kappa shape index (κ3) is 2.71. The molecule has 3 heterocycles. The summed E-state index contributed by atoms with van der Waals surface area (Å²) >= 11 is 0. The predicted octanol–water partition coefficient (Wildman–Crippen LogP) is 0.781. The first-order valence-corrected chi connectivity index (χ1v) is 7.49. The third-order valence-corrected chi connectivity index (χ3v) is 4.15. The van der Waals surface area contributed by atoms with Gasteiger partial charge in [0.15, 0.2) is 0 Å². The molecule has 2 aromatic heterocycles. The van der Waals surface area contributed by atoms with E-state index in [9.17, 15) is 9.90 Å². The van der Waals surface area contributed by atoms with Crippen molar-refractivity contribution in [2.75, 3.05) is 33.7 Å². The molecule has 6 nitrogen and oxygen atoms in total. The molecular formula is C16H22N4O2. The number of rotatable bonds is 3. The largest absolute Gasteiger partial charge is 0.387 e. The molecule has 0 aromatic carbocycles. The smallest absolute Gasteiger partial charge is 0.274 e. The van der Waals surface area contributed by atoms with Gasteiger partial charge >= 0.3 is 0 Å². The van der Waals surface area contributed by atoms with Crippen molar-refractivity contribution in [2.24, 2.45) is 0 Å². The number of aliphatic hydroxyl groups is 1. The van der Waals surface area contributed by atoms with Crippen LogP contribution in [0.5, 0.6) is 0 Å². The fourth-order valence-corrected chi connectivity index (χ4v) is 3.16. The third-order valence-electron chi connectivity index (χ3n) is 4.15. The van der Waals surface area contributed by atoms with Crippen LogP contribution in [0.4, 0.5) is 0 Å². The normalized spacial score (nSPS) is 22.0. The number of hydrogen-bond acceptors (Lipinski definition) is 4. The number of likely N-dealkylation sites (tertiary alicyclic amines) is 1. The van der Waals surface area contributed by atoms with Crippen molar-refractivity contribution < 1.29 is 9.90 Å². The highest BCUT2D eigenvalue weighted by molar-refractivity contribution is 5.93. The van der Waals surface area contributed by atoms with E-state index >= 15 is 0 Å². The van der Waals surface area contributed by atoms with Gasteiger partial charge in [-0.3, -0.25) is 4.79 Å². The predicted molar refractivity (Wildman–Crippen MR) is 84.0 cm³/mol. The molecule has 6 heteroatoms. The van der Waals surface area contributed by atoms with Crippen molar-refractivity contribution in [3.05, 3.63) is 35.8 Å². The van der Waals surface area contributed by atoms with Gasteiger partial charge in [-0.2, -0.15) is 0 Å². The summed E-state index contributed by atoms with van der Waals surface area (Å²) in [6, 6.07) is 5.79. The summed E-state index contributed by atoms with van der Waals surface area (Å²) in [5.41, 5.74) is 1.41. The van der Waals surface area contributed by atoms with Crippen molar-refractivity contribution in [1.82, 2.24) is 19.2 Å². The van der Waals surface area contributed by atoms with Crippen LogP contribution in [0.25, 0.3) is 5.65 Å². The minimum Gasteiger partial charge on any atom is -0.387 e. The highest BCUT2D eigenvalue weighted by Crippen LogP contribution is 2.23. The van der Waals surface area contributed by atoms with E-state index in [-0.39, 0.29) is 5.91 Å². The molecule has 22 heavy (non-hydrogen) atoms. The maximum atomic E-state index is 12.6. The molecule has 3 rings (SSSR count). The number of carbonyl (C=O) groups is 1. The first-order valence-electron chi connectivity index (χ1n) is 7.49. The molecule has 0 aliphatic carbocycles. The first kappa shape index (κ1) is 15.0. The monoisotopic (exact) mass is 302 g/mol. The van der Waals surface area contributed by atoms with Gasteiger partial charge in [0.25, 0.3) is 5.91 Å². The van der Waals surface area contributed by atoms with E-state index in [1.165, 1.54) is 0 Å². The van der Waals surface area contributed by atoms with Gasteiger partial charge in [0, 0.05) is 25.0 Å². The Kier molecular flexibility index (Phi) is 3.66. The molecule has 1 saturated heterocycles. The van der Waals surface area contributed by atoms with Gasteiger partial charge in [-0.25, -0.2) is 4.98 Å². The fourth-order valence-electron chi connectivity index (χ4n) is 3.16. The number of fused-ring (bicyclic) bond motifs is 1. The maximum absolute atomic E-state index is 12.6. The Morgan fingerprint density at radius 3 is 2.91 bits per heavy atom. The molecule has 2 aromatic rings. The molecule has 1 amide bonds. The number of hydrogen-bond donors (Lipinski definition) is 1. The molecule has 0 spiro atoms. The van der Waals surface area contributed by atoms with Crippen LogP contribution in [0.2, 0.25) is 0 Å². The average Bonchev–Trinajstić information content (AvgIpc) is 3.02. The number of carbonyl (C=O) groups excluding carboxylic acids is 1. The summed E-state index contributed by atoms with van der Waals surface area (Å²) in [5.74, 6) is -0.113. The first-order chi connectivity index (χ1) is 10.4. The Balaban J connectivity index is 1.80. The van der Waals surface area contributed by atoms with Crippen LogP contribution in [0.1, 0.15) is 22.6 Å². The second kappa shape index (κ2) is 5.37. The highest BCUT2D eigenvalue weighted by Gasteiger charge is 2.39. The van der Waals surface area contributed by atoms with E-state index < -0.39 is 5.60 Å². The van der Waals surface area contributed by atoms with Crippen LogP contribution in [-0.2, 0) is 0 Å². The Hall–Kier alpha value is -1.92. The van der Waals surface area contributed by atoms with Crippen LogP contribution < -0.4 is 0 Å². The lowest BCUT2D eigenvalue weighted by molar-refractivity contribution is 0.0235. The molecule has 1 aliphatic rings. The van der Waals surface area contributed by atoms with Crippen LogP contribution in [0.3, 0.4) is 0 Å². The summed E-state index contributed by atoms with van der Waals surface area (Å²) in [5, 5.41) is 10.6. The van der Waals surface area contributed by atoms with E-state index in [1.54, 1.807) is 11.1 Å². The SMILES string of the molecule is Cc1cccc2nc(C(=O)N3CC[C@@](O)(CN(C)C)C3)cn12. The summed E-state index contributed by atoms with van der Waals surface area (Å²) in [4.78, 5) is 20.7. The van der Waals surface area contributed by atoms with Gasteiger partial charge < -0.3 is 19.3 Å². The lowest BCUT2D eigenvalue weighted by atomic mass is 10.0. The van der Waals surface area contributed by atoms with E-state index in [1.807, 2.05) is 48.5 Å². The van der Waals surface area contributed by atoms with Gasteiger partial charge in [0.1, 0.15) is 11.3 Å². The topological polar surface area (TPSA) is 61.1 Å². The van der Waals surface area contributed by atoms with Crippen LogP contribution in [0, 0.1) is 6.92 Å². The van der Waals surface area contributed by atoms with Gasteiger partial charge in [-0.15, -0.1) is 0 Å². The van der Waals surface area contributed by atoms with Crippen molar-refractivity contribution >= 4 is 11.6 Å². The lowest BCUT2D eigenvalue weighted by Crippen LogP contribution is -2.43. The summed E-state index contributed by atoms with van der Waals surface area (Å²) in [7, 11) is 3.85. The Morgan fingerprint density at radius 1 is 1.45 bits per heavy atom. The molecule has 1 N–H and O–H groups in total. The summed E-state index contributed by atoms with van der Waals surface area (Å²) in [6.07, 6.45) is 2.37. The molecule has 0 saturated carbocycles. The van der Waals surface area contributed by atoms with E-state index in [0.717, 1.165) is 11.3 Å². The number of pyridine rings is 1. The zero-order valence-corrected chi connectivity index (χ0v) is 13.3. The van der Waals surface area contributed by atoms with Crippen LogP contribution in [0.15, 0.2) is 24.4 Å². The zero-order valence-electron chi connectivity index (χ0n) is 13.3. The van der Waals surface area contributed by atoms with Crippen LogP contribution in [-0.4, -0.2) is 69.5 Å². The Labute approximate surface area is 130 Å². The molecule has 1 atom stereocenters. The number of likely N-dealkylation sites (N-methyl/N-ethyl adjacent to an activating group) is 1. The van der Waals surface area contributed by atoms with Crippen molar-refractivity contribution in [1.29, 1.82) is 0 Å². The summed E-state index contributed by atoms with van der Waals surface area (Å²) < 4.78 is 1.91. The average molecular weight is 302 g/mol. The Bertz CT molecular complexity index is 709. The minimum atomic E-state index is -0.825. The molecule has 0 bridgehead atoms. The molecule has 118 valence electrons. The molecular weight excluding hydrogens is 280 g/mol. The van der Waals surface area contributed by atoms with Crippen molar-refractivity contribution in [2.45, 2.75) is 18.9 Å². The fraction of sp³-hybridized carbons (Fsp3) is 0.500. The van der Waals surface area contributed by atoms with Gasteiger partial charge in [0.05, 0.1) is 12.1 Å².